The van der Waals surface area contributed by atoms with Crippen LogP contribution in [0.15, 0.2) is 34.7 Å². The van der Waals surface area contributed by atoms with Gasteiger partial charge in [-0.05, 0) is 18.2 Å². The van der Waals surface area contributed by atoms with Crippen LogP contribution in [0.1, 0.15) is 28.0 Å². The predicted molar refractivity (Wildman–Crippen MR) is 61.1 cm³/mol. The van der Waals surface area contributed by atoms with Crippen LogP contribution in [0.5, 0.6) is 0 Å². The highest BCUT2D eigenvalue weighted by molar-refractivity contribution is 6.31. The summed E-state index contributed by atoms with van der Waals surface area (Å²) in [7, 11) is 0. The van der Waals surface area contributed by atoms with Crippen molar-refractivity contribution >= 4 is 17.6 Å². The number of aliphatic hydroxyl groups is 1. The van der Waals surface area contributed by atoms with E-state index >= 15 is 0 Å². The van der Waals surface area contributed by atoms with Gasteiger partial charge in [-0.2, -0.15) is 0 Å². The van der Waals surface area contributed by atoms with Gasteiger partial charge >= 0.3 is 5.97 Å². The van der Waals surface area contributed by atoms with Gasteiger partial charge < -0.3 is 14.6 Å². The van der Waals surface area contributed by atoms with Crippen molar-refractivity contribution in [3.05, 3.63) is 58.3 Å². The van der Waals surface area contributed by atoms with Crippen LogP contribution in [0.25, 0.3) is 0 Å². The molecule has 0 saturated heterocycles. The van der Waals surface area contributed by atoms with Crippen molar-refractivity contribution < 1.29 is 23.8 Å². The van der Waals surface area contributed by atoms with Crippen LogP contribution in [0.2, 0.25) is 5.02 Å². The maximum absolute atomic E-state index is 13.2. The molecule has 0 spiro atoms. The summed E-state index contributed by atoms with van der Waals surface area (Å²) in [6, 6.07) is 6.48. The number of hydrogen-bond donors (Lipinski definition) is 2. The molecule has 0 aliphatic rings. The summed E-state index contributed by atoms with van der Waals surface area (Å²) in [5.41, 5.74) is 0.114. The van der Waals surface area contributed by atoms with Crippen LogP contribution in [0, 0.1) is 5.82 Å². The zero-order valence-electron chi connectivity index (χ0n) is 8.93. The summed E-state index contributed by atoms with van der Waals surface area (Å²) in [5, 5.41) is 18.4. The van der Waals surface area contributed by atoms with E-state index in [1.54, 1.807) is 0 Å². The summed E-state index contributed by atoms with van der Waals surface area (Å²) in [6.07, 6.45) is -1.32. The average Bonchev–Trinajstić information content (AvgIpc) is 2.81. The standard InChI is InChI=1S/C12H8ClFO4/c13-10-6(2-1-3-7(10)14)11(15)8-4-5-9(18-8)12(16)17/h1-5,11,15H,(H,16,17). The summed E-state index contributed by atoms with van der Waals surface area (Å²) in [6.45, 7) is 0. The zero-order valence-corrected chi connectivity index (χ0v) is 9.69. The minimum atomic E-state index is -1.32. The molecule has 1 aromatic heterocycles. The Kier molecular flexibility index (Phi) is 3.36. The Hall–Kier alpha value is -1.85. The van der Waals surface area contributed by atoms with E-state index in [0.717, 1.165) is 6.07 Å². The molecule has 4 nitrogen and oxygen atoms in total. The molecular formula is C12H8ClFO4. The van der Waals surface area contributed by atoms with Gasteiger partial charge in [-0.25, -0.2) is 9.18 Å². The molecule has 1 unspecified atom stereocenters. The first-order chi connectivity index (χ1) is 8.50. The Balaban J connectivity index is 2.38. The van der Waals surface area contributed by atoms with Crippen molar-refractivity contribution in [2.24, 2.45) is 0 Å². The SMILES string of the molecule is O=C(O)c1ccc(C(O)c2cccc(F)c2Cl)o1. The topological polar surface area (TPSA) is 70.7 Å². The number of carbonyl (C=O) groups is 1. The molecule has 1 aromatic carbocycles. The molecule has 0 aliphatic carbocycles. The second kappa shape index (κ2) is 4.80. The molecule has 1 atom stereocenters. The van der Waals surface area contributed by atoms with Gasteiger partial charge in [0.2, 0.25) is 5.76 Å². The van der Waals surface area contributed by atoms with Crippen LogP contribution in [0.3, 0.4) is 0 Å². The normalized spacial score (nSPS) is 12.4. The number of rotatable bonds is 3. The van der Waals surface area contributed by atoms with Crippen LogP contribution < -0.4 is 0 Å². The van der Waals surface area contributed by atoms with E-state index in [2.05, 4.69) is 0 Å². The molecule has 0 radical (unpaired) electrons. The van der Waals surface area contributed by atoms with Crippen molar-refractivity contribution in [2.45, 2.75) is 6.10 Å². The van der Waals surface area contributed by atoms with Gasteiger partial charge in [0.05, 0.1) is 5.02 Å². The lowest BCUT2D eigenvalue weighted by molar-refractivity contribution is 0.0655. The second-order valence-electron chi connectivity index (χ2n) is 3.55. The number of aliphatic hydroxyl groups excluding tert-OH is 1. The van der Waals surface area contributed by atoms with E-state index in [9.17, 15) is 14.3 Å². The van der Waals surface area contributed by atoms with E-state index in [1.807, 2.05) is 0 Å². The lowest BCUT2D eigenvalue weighted by atomic mass is 10.1. The van der Waals surface area contributed by atoms with E-state index in [1.165, 1.54) is 24.3 Å². The van der Waals surface area contributed by atoms with E-state index < -0.39 is 17.9 Å². The maximum Gasteiger partial charge on any atom is 0.371 e. The molecule has 2 N–H and O–H groups in total. The van der Waals surface area contributed by atoms with Gasteiger partial charge in [0.15, 0.2) is 0 Å². The highest BCUT2D eigenvalue weighted by Crippen LogP contribution is 2.30. The van der Waals surface area contributed by atoms with Crippen molar-refractivity contribution in [3.63, 3.8) is 0 Å². The van der Waals surface area contributed by atoms with Gasteiger partial charge in [0.1, 0.15) is 17.7 Å². The van der Waals surface area contributed by atoms with Crippen molar-refractivity contribution in [2.75, 3.05) is 0 Å². The Morgan fingerprint density at radius 1 is 1.33 bits per heavy atom. The minimum Gasteiger partial charge on any atom is -0.475 e. The molecule has 0 bridgehead atoms. The molecule has 18 heavy (non-hydrogen) atoms. The third-order valence-corrected chi connectivity index (χ3v) is 2.78. The molecule has 0 aliphatic heterocycles. The molecule has 2 rings (SSSR count). The van der Waals surface area contributed by atoms with E-state index in [0.29, 0.717) is 0 Å². The van der Waals surface area contributed by atoms with Gasteiger partial charge in [0, 0.05) is 5.56 Å². The first-order valence-corrected chi connectivity index (χ1v) is 5.33. The lowest BCUT2D eigenvalue weighted by Crippen LogP contribution is -2.00. The predicted octanol–water partition coefficient (Wildman–Crippen LogP) is 2.85. The summed E-state index contributed by atoms with van der Waals surface area (Å²) >= 11 is 5.71. The molecule has 0 saturated carbocycles. The highest BCUT2D eigenvalue weighted by Gasteiger charge is 2.20. The fourth-order valence-electron chi connectivity index (χ4n) is 1.50. The second-order valence-corrected chi connectivity index (χ2v) is 3.93. The third-order valence-electron chi connectivity index (χ3n) is 2.38. The lowest BCUT2D eigenvalue weighted by Gasteiger charge is -2.10. The Labute approximate surface area is 106 Å². The fourth-order valence-corrected chi connectivity index (χ4v) is 1.73. The van der Waals surface area contributed by atoms with Crippen LogP contribution in [0.4, 0.5) is 4.39 Å². The number of furan rings is 1. The van der Waals surface area contributed by atoms with Crippen LogP contribution in [-0.2, 0) is 0 Å². The molecular weight excluding hydrogens is 263 g/mol. The number of halogens is 2. The third kappa shape index (κ3) is 2.23. The maximum atomic E-state index is 13.2. The number of carboxylic acids is 1. The monoisotopic (exact) mass is 270 g/mol. The highest BCUT2D eigenvalue weighted by atomic mass is 35.5. The number of aromatic carboxylic acids is 1. The largest absolute Gasteiger partial charge is 0.475 e. The molecule has 1 heterocycles. The van der Waals surface area contributed by atoms with Crippen molar-refractivity contribution in [1.29, 1.82) is 0 Å². The van der Waals surface area contributed by atoms with Crippen molar-refractivity contribution in [1.82, 2.24) is 0 Å². The van der Waals surface area contributed by atoms with Gasteiger partial charge in [-0.3, -0.25) is 0 Å². The minimum absolute atomic E-state index is 0.0140. The van der Waals surface area contributed by atoms with Gasteiger partial charge in [-0.1, -0.05) is 23.7 Å². The number of hydrogen-bond acceptors (Lipinski definition) is 3. The Morgan fingerprint density at radius 2 is 2.06 bits per heavy atom. The molecule has 94 valence electrons. The van der Waals surface area contributed by atoms with Gasteiger partial charge in [0.25, 0.3) is 0 Å². The Morgan fingerprint density at radius 3 is 2.67 bits per heavy atom. The number of carboxylic acid groups (broad SMARTS) is 1. The smallest absolute Gasteiger partial charge is 0.371 e. The molecule has 0 fully saturated rings. The summed E-state index contributed by atoms with van der Waals surface area (Å²) in [5.74, 6) is -2.24. The first-order valence-electron chi connectivity index (χ1n) is 4.95. The first kappa shape index (κ1) is 12.6. The molecule has 6 heteroatoms. The molecule has 2 aromatic rings. The van der Waals surface area contributed by atoms with Crippen molar-refractivity contribution in [3.8, 4) is 0 Å². The zero-order chi connectivity index (χ0) is 13.3. The molecule has 0 amide bonds. The quantitative estimate of drug-likeness (QED) is 0.900. The fraction of sp³-hybridized carbons (Fsp3) is 0.0833. The number of benzene rings is 1. The van der Waals surface area contributed by atoms with E-state index in [-0.39, 0.29) is 22.1 Å². The average molecular weight is 271 g/mol. The van der Waals surface area contributed by atoms with Crippen LogP contribution >= 0.6 is 11.6 Å². The van der Waals surface area contributed by atoms with Crippen LogP contribution in [-0.4, -0.2) is 16.2 Å². The summed E-state index contributed by atoms with van der Waals surface area (Å²) < 4.78 is 18.1. The van der Waals surface area contributed by atoms with Gasteiger partial charge in [-0.15, -0.1) is 0 Å². The Bertz CT molecular complexity index is 594. The van der Waals surface area contributed by atoms with E-state index in [4.69, 9.17) is 21.1 Å². The summed E-state index contributed by atoms with van der Waals surface area (Å²) in [4.78, 5) is 10.6.